The van der Waals surface area contributed by atoms with Crippen LogP contribution >= 0.6 is 35.4 Å². The molecule has 0 saturated heterocycles. The molecule has 1 atom stereocenters. The number of rotatable bonds is 4. The Labute approximate surface area is 139 Å². The van der Waals surface area contributed by atoms with Gasteiger partial charge in [-0.15, -0.1) is 23.2 Å². The minimum Gasteiger partial charge on any atom is -0.395 e. The van der Waals surface area contributed by atoms with Crippen molar-refractivity contribution in [2.24, 2.45) is 5.41 Å². The standard InChI is InChI=1S/C14H16Cl2N2O2S/c1-13(9-14(13,15)16)11(20)17-12(21)18(7-8-19)10-5-3-2-4-6-10/h2-6,19H,7-9H2,1H3,(H,17,20,21). The third-order valence-corrected chi connectivity index (χ3v) is 5.04. The van der Waals surface area contributed by atoms with Crippen molar-refractivity contribution in [1.82, 2.24) is 5.32 Å². The SMILES string of the molecule is CC1(C(=O)NC(=S)N(CCO)c2ccccc2)CC1(Cl)Cl. The minimum atomic E-state index is -1.04. The van der Waals surface area contributed by atoms with Crippen molar-refractivity contribution < 1.29 is 9.90 Å². The lowest BCUT2D eigenvalue weighted by atomic mass is 10.1. The number of halogens is 2. The first-order valence-electron chi connectivity index (χ1n) is 6.48. The smallest absolute Gasteiger partial charge is 0.235 e. The van der Waals surface area contributed by atoms with Crippen LogP contribution in [0.1, 0.15) is 13.3 Å². The number of hydrogen-bond donors (Lipinski definition) is 2. The largest absolute Gasteiger partial charge is 0.395 e. The van der Waals surface area contributed by atoms with Crippen molar-refractivity contribution in [2.45, 2.75) is 17.7 Å². The topological polar surface area (TPSA) is 52.6 Å². The quantitative estimate of drug-likeness (QED) is 0.649. The van der Waals surface area contributed by atoms with Crippen LogP contribution in [0, 0.1) is 5.41 Å². The van der Waals surface area contributed by atoms with Crippen LogP contribution < -0.4 is 10.2 Å². The van der Waals surface area contributed by atoms with Crippen molar-refractivity contribution in [2.75, 3.05) is 18.1 Å². The number of carbonyl (C=O) groups excluding carboxylic acids is 1. The average molecular weight is 347 g/mol. The Bertz CT molecular complexity index is 553. The molecule has 0 spiro atoms. The molecule has 0 heterocycles. The fraction of sp³-hybridized carbons (Fsp3) is 0.429. The number of nitrogens with one attached hydrogen (secondary N) is 1. The highest BCUT2D eigenvalue weighted by molar-refractivity contribution is 7.80. The zero-order chi connectivity index (χ0) is 15.7. The number of nitrogens with zero attached hydrogens (tertiary/aromatic N) is 1. The molecule has 1 unspecified atom stereocenters. The molecular weight excluding hydrogens is 331 g/mol. The van der Waals surface area contributed by atoms with Crippen LogP contribution in [0.3, 0.4) is 0 Å². The van der Waals surface area contributed by atoms with Crippen LogP contribution in [-0.2, 0) is 4.79 Å². The van der Waals surface area contributed by atoms with Gasteiger partial charge in [0.25, 0.3) is 0 Å². The van der Waals surface area contributed by atoms with Gasteiger partial charge in [0, 0.05) is 12.2 Å². The number of aliphatic hydroxyl groups is 1. The normalized spacial score (nSPS) is 22.5. The average Bonchev–Trinajstić information content (AvgIpc) is 2.97. The highest BCUT2D eigenvalue weighted by Gasteiger charge is 2.68. The number of benzene rings is 1. The molecule has 7 heteroatoms. The van der Waals surface area contributed by atoms with Crippen LogP contribution in [-0.4, -0.2) is 33.6 Å². The fourth-order valence-electron chi connectivity index (χ4n) is 2.00. The zero-order valence-electron chi connectivity index (χ0n) is 11.5. The van der Waals surface area contributed by atoms with Gasteiger partial charge in [-0.2, -0.15) is 0 Å². The number of amides is 1. The molecule has 1 fully saturated rings. The molecule has 1 aromatic carbocycles. The van der Waals surface area contributed by atoms with E-state index in [1.54, 1.807) is 11.8 Å². The Morgan fingerprint density at radius 3 is 2.48 bits per heavy atom. The molecule has 1 aliphatic carbocycles. The molecule has 0 radical (unpaired) electrons. The van der Waals surface area contributed by atoms with Crippen molar-refractivity contribution in [1.29, 1.82) is 0 Å². The summed E-state index contributed by atoms with van der Waals surface area (Å²) in [4.78, 5) is 13.9. The van der Waals surface area contributed by atoms with E-state index >= 15 is 0 Å². The van der Waals surface area contributed by atoms with Gasteiger partial charge in [-0.1, -0.05) is 18.2 Å². The predicted octanol–water partition coefficient (Wildman–Crippen LogP) is 2.47. The van der Waals surface area contributed by atoms with E-state index in [4.69, 9.17) is 35.4 Å². The first-order valence-corrected chi connectivity index (χ1v) is 7.65. The van der Waals surface area contributed by atoms with Crippen molar-refractivity contribution >= 4 is 52.1 Å². The van der Waals surface area contributed by atoms with Gasteiger partial charge in [-0.25, -0.2) is 0 Å². The summed E-state index contributed by atoms with van der Waals surface area (Å²) in [5, 5.41) is 12.1. The van der Waals surface area contributed by atoms with Crippen LogP contribution in [0.4, 0.5) is 5.69 Å². The highest BCUT2D eigenvalue weighted by Crippen LogP contribution is 2.63. The molecule has 2 rings (SSSR count). The summed E-state index contributed by atoms with van der Waals surface area (Å²) in [6.45, 7) is 1.90. The van der Waals surface area contributed by atoms with Gasteiger partial charge in [-0.3, -0.25) is 4.79 Å². The molecule has 21 heavy (non-hydrogen) atoms. The first-order chi connectivity index (χ1) is 9.82. The van der Waals surface area contributed by atoms with Gasteiger partial charge in [0.05, 0.1) is 12.0 Å². The third kappa shape index (κ3) is 3.31. The molecule has 4 nitrogen and oxygen atoms in total. The maximum absolute atomic E-state index is 12.2. The molecule has 0 bridgehead atoms. The molecule has 2 N–H and O–H groups in total. The van der Waals surface area contributed by atoms with E-state index in [0.717, 1.165) is 5.69 Å². The summed E-state index contributed by atoms with van der Waals surface area (Å²) in [5.41, 5.74) is -0.0392. The van der Waals surface area contributed by atoms with Crippen LogP contribution in [0.2, 0.25) is 0 Å². The van der Waals surface area contributed by atoms with Gasteiger partial charge in [-0.05, 0) is 37.7 Å². The Kier molecular flexibility index (Phi) is 4.78. The number of thiocarbonyl (C=S) groups is 1. The number of aliphatic hydroxyl groups excluding tert-OH is 1. The summed E-state index contributed by atoms with van der Waals surface area (Å²) in [6, 6.07) is 9.29. The Hall–Kier alpha value is -0.880. The lowest BCUT2D eigenvalue weighted by molar-refractivity contribution is -0.124. The Morgan fingerprint density at radius 2 is 2.00 bits per heavy atom. The maximum atomic E-state index is 12.2. The maximum Gasteiger partial charge on any atom is 0.235 e. The lowest BCUT2D eigenvalue weighted by Gasteiger charge is -2.25. The van der Waals surface area contributed by atoms with Gasteiger partial charge < -0.3 is 15.3 Å². The second-order valence-corrected chi connectivity index (χ2v) is 7.05. The van der Waals surface area contributed by atoms with Crippen molar-refractivity contribution in [3.05, 3.63) is 30.3 Å². The molecular formula is C14H16Cl2N2O2S. The summed E-state index contributed by atoms with van der Waals surface area (Å²) in [5.74, 6) is -0.309. The van der Waals surface area contributed by atoms with E-state index < -0.39 is 9.75 Å². The Morgan fingerprint density at radius 1 is 1.43 bits per heavy atom. The highest BCUT2D eigenvalue weighted by atomic mass is 35.5. The monoisotopic (exact) mass is 346 g/mol. The van der Waals surface area contributed by atoms with E-state index in [0.29, 0.717) is 6.42 Å². The van der Waals surface area contributed by atoms with Crippen LogP contribution in [0.15, 0.2) is 30.3 Å². The summed E-state index contributed by atoms with van der Waals surface area (Å²) >= 11 is 17.3. The number of hydrogen-bond acceptors (Lipinski definition) is 3. The Balaban J connectivity index is 2.08. The molecule has 1 saturated carbocycles. The van der Waals surface area contributed by atoms with Gasteiger partial charge in [0.2, 0.25) is 5.91 Å². The molecule has 0 aromatic heterocycles. The van der Waals surface area contributed by atoms with E-state index in [1.165, 1.54) is 0 Å². The first kappa shape index (κ1) is 16.5. The molecule has 114 valence electrons. The fourth-order valence-corrected chi connectivity index (χ4v) is 3.00. The summed E-state index contributed by atoms with van der Waals surface area (Å²) < 4.78 is -1.04. The number of anilines is 1. The third-order valence-electron chi connectivity index (χ3n) is 3.62. The molecule has 0 aliphatic heterocycles. The lowest BCUT2D eigenvalue weighted by Crippen LogP contribution is -2.47. The van der Waals surface area contributed by atoms with Crippen molar-refractivity contribution in [3.63, 3.8) is 0 Å². The van der Waals surface area contributed by atoms with Gasteiger partial charge in [0.1, 0.15) is 4.33 Å². The van der Waals surface area contributed by atoms with Gasteiger partial charge in [0.15, 0.2) is 5.11 Å². The van der Waals surface area contributed by atoms with E-state index in [1.807, 2.05) is 30.3 Å². The van der Waals surface area contributed by atoms with E-state index in [2.05, 4.69) is 5.32 Å². The molecule has 1 amide bonds. The summed E-state index contributed by atoms with van der Waals surface area (Å²) in [6.07, 6.45) is 0.392. The van der Waals surface area contributed by atoms with E-state index in [-0.39, 0.29) is 24.2 Å². The molecule has 1 aliphatic rings. The van der Waals surface area contributed by atoms with Crippen molar-refractivity contribution in [3.8, 4) is 0 Å². The van der Waals surface area contributed by atoms with E-state index in [9.17, 15) is 9.90 Å². The van der Waals surface area contributed by atoms with Gasteiger partial charge >= 0.3 is 0 Å². The minimum absolute atomic E-state index is 0.0862. The predicted molar refractivity (Wildman–Crippen MR) is 88.8 cm³/mol. The van der Waals surface area contributed by atoms with Crippen LogP contribution in [0.5, 0.6) is 0 Å². The molecule has 1 aromatic rings. The second-order valence-electron chi connectivity index (χ2n) is 5.18. The number of alkyl halides is 2. The van der Waals surface area contributed by atoms with Crippen LogP contribution in [0.25, 0.3) is 0 Å². The number of para-hydroxylation sites is 1. The zero-order valence-corrected chi connectivity index (χ0v) is 13.8. The second kappa shape index (κ2) is 6.08. The summed E-state index contributed by atoms with van der Waals surface area (Å²) in [7, 11) is 0. The number of carbonyl (C=O) groups is 1.